The number of thiocarbonyl (C=S) groups is 1. The van der Waals surface area contributed by atoms with E-state index in [1.165, 1.54) is 12.8 Å². The Morgan fingerprint density at radius 1 is 1.07 bits per heavy atom. The Kier molecular flexibility index (Phi) is 7.67. The van der Waals surface area contributed by atoms with Crippen LogP contribution in [0.25, 0.3) is 0 Å². The summed E-state index contributed by atoms with van der Waals surface area (Å²) in [7, 11) is 4.88. The van der Waals surface area contributed by atoms with Crippen LogP contribution >= 0.6 is 23.8 Å². The number of aryl methyl sites for hydroxylation is 1. The molecular formula is C23H29ClN2O3S. The maximum absolute atomic E-state index is 6.30. The molecule has 2 aromatic rings. The molecule has 7 heteroatoms. The topological polar surface area (TPSA) is 43.0 Å². The molecule has 30 heavy (non-hydrogen) atoms. The molecular weight excluding hydrogens is 420 g/mol. The lowest BCUT2D eigenvalue weighted by Crippen LogP contribution is -2.41. The molecule has 0 bridgehead atoms. The molecule has 0 aliphatic heterocycles. The molecule has 1 fully saturated rings. The zero-order chi connectivity index (χ0) is 21.7. The fourth-order valence-electron chi connectivity index (χ4n) is 3.92. The minimum absolute atomic E-state index is 0.378. The lowest BCUT2D eigenvalue weighted by Gasteiger charge is -2.32. The number of halogens is 1. The lowest BCUT2D eigenvalue weighted by molar-refractivity contribution is 0.295. The summed E-state index contributed by atoms with van der Waals surface area (Å²) in [5, 5.41) is 4.77. The van der Waals surface area contributed by atoms with Crippen LogP contribution in [0.5, 0.6) is 17.2 Å². The van der Waals surface area contributed by atoms with Crippen molar-refractivity contribution in [3.05, 3.63) is 46.5 Å². The molecule has 0 spiro atoms. The molecule has 0 saturated heterocycles. The van der Waals surface area contributed by atoms with Gasteiger partial charge in [0.05, 0.1) is 21.3 Å². The Bertz CT molecular complexity index is 900. The Morgan fingerprint density at radius 2 is 1.77 bits per heavy atom. The van der Waals surface area contributed by atoms with Gasteiger partial charge in [0.15, 0.2) is 16.6 Å². The summed E-state index contributed by atoms with van der Waals surface area (Å²) in [6, 6.07) is 10.2. The van der Waals surface area contributed by atoms with Gasteiger partial charge in [-0.1, -0.05) is 30.5 Å². The van der Waals surface area contributed by atoms with Gasteiger partial charge in [-0.2, -0.15) is 0 Å². The number of nitrogens with one attached hydrogen (secondary N) is 1. The molecule has 0 aromatic heterocycles. The average molecular weight is 449 g/mol. The van der Waals surface area contributed by atoms with E-state index in [9.17, 15) is 0 Å². The third-order valence-electron chi connectivity index (χ3n) is 5.58. The van der Waals surface area contributed by atoms with E-state index in [-0.39, 0.29) is 0 Å². The predicted molar refractivity (Wildman–Crippen MR) is 126 cm³/mol. The summed E-state index contributed by atoms with van der Waals surface area (Å²) >= 11 is 12.1. The van der Waals surface area contributed by atoms with Crippen molar-refractivity contribution in [1.82, 2.24) is 4.90 Å². The summed E-state index contributed by atoms with van der Waals surface area (Å²) < 4.78 is 16.7. The van der Waals surface area contributed by atoms with Crippen molar-refractivity contribution >= 4 is 34.6 Å². The number of anilines is 1. The van der Waals surface area contributed by atoms with Crippen molar-refractivity contribution in [2.45, 2.75) is 45.2 Å². The second kappa shape index (κ2) is 10.2. The third-order valence-corrected chi connectivity index (χ3v) is 6.32. The van der Waals surface area contributed by atoms with E-state index >= 15 is 0 Å². The highest BCUT2D eigenvalue weighted by Gasteiger charge is 2.27. The first-order valence-electron chi connectivity index (χ1n) is 10.1. The first kappa shape index (κ1) is 22.5. The largest absolute Gasteiger partial charge is 0.493 e. The molecule has 162 valence electrons. The first-order chi connectivity index (χ1) is 14.5. The van der Waals surface area contributed by atoms with Crippen LogP contribution in [0.4, 0.5) is 5.69 Å². The van der Waals surface area contributed by atoms with Gasteiger partial charge in [-0.15, -0.1) is 0 Å². The number of hydrogen-bond acceptors (Lipinski definition) is 4. The van der Waals surface area contributed by atoms with E-state index in [2.05, 4.69) is 10.2 Å². The zero-order valence-corrected chi connectivity index (χ0v) is 19.5. The summed E-state index contributed by atoms with van der Waals surface area (Å²) in [5.41, 5.74) is 2.92. The smallest absolute Gasteiger partial charge is 0.203 e. The van der Waals surface area contributed by atoms with E-state index in [0.717, 1.165) is 34.7 Å². The molecule has 1 aliphatic rings. The van der Waals surface area contributed by atoms with E-state index in [0.29, 0.717) is 34.9 Å². The van der Waals surface area contributed by atoms with Crippen molar-refractivity contribution in [1.29, 1.82) is 0 Å². The monoisotopic (exact) mass is 448 g/mol. The maximum Gasteiger partial charge on any atom is 0.203 e. The van der Waals surface area contributed by atoms with Crippen LogP contribution in [0.3, 0.4) is 0 Å². The standard InChI is InChI=1S/C23H29ClN2O3S/c1-15-9-11-17(13-19(15)24)25-23(30)26(18-7-5-6-8-18)14-16-10-12-20(27-2)22(29-4)21(16)28-3/h9-13,18H,5-8,14H2,1-4H3,(H,25,30). The van der Waals surface area contributed by atoms with Crippen molar-refractivity contribution < 1.29 is 14.2 Å². The number of methoxy groups -OCH3 is 3. The average Bonchev–Trinajstić information content (AvgIpc) is 3.28. The molecule has 0 atom stereocenters. The first-order valence-corrected chi connectivity index (χ1v) is 10.9. The molecule has 1 aliphatic carbocycles. The van der Waals surface area contributed by atoms with Crippen molar-refractivity contribution in [3.8, 4) is 17.2 Å². The molecule has 1 saturated carbocycles. The van der Waals surface area contributed by atoms with Crippen LogP contribution in [0, 0.1) is 6.92 Å². The molecule has 5 nitrogen and oxygen atoms in total. The van der Waals surface area contributed by atoms with Crippen LogP contribution in [0.2, 0.25) is 5.02 Å². The van der Waals surface area contributed by atoms with Crippen molar-refractivity contribution in [2.24, 2.45) is 0 Å². The van der Waals surface area contributed by atoms with Gasteiger partial charge < -0.3 is 24.4 Å². The molecule has 0 heterocycles. The second-order valence-corrected chi connectivity index (χ2v) is 8.25. The molecule has 1 N–H and O–H groups in total. The summed E-state index contributed by atoms with van der Waals surface area (Å²) in [6.07, 6.45) is 4.66. The fraction of sp³-hybridized carbons (Fsp3) is 0.435. The van der Waals surface area contributed by atoms with Gasteiger partial charge in [0.25, 0.3) is 0 Å². The minimum atomic E-state index is 0.378. The van der Waals surface area contributed by atoms with E-state index < -0.39 is 0 Å². The third kappa shape index (κ3) is 4.93. The highest BCUT2D eigenvalue weighted by molar-refractivity contribution is 7.80. The predicted octanol–water partition coefficient (Wildman–Crippen LogP) is 5.82. The highest BCUT2D eigenvalue weighted by atomic mass is 35.5. The van der Waals surface area contributed by atoms with Gasteiger partial charge in [0.2, 0.25) is 5.75 Å². The Labute approximate surface area is 189 Å². The lowest BCUT2D eigenvalue weighted by atomic mass is 10.1. The van der Waals surface area contributed by atoms with Crippen LogP contribution in [-0.4, -0.2) is 37.4 Å². The van der Waals surface area contributed by atoms with Crippen LogP contribution in [0.1, 0.15) is 36.8 Å². The van der Waals surface area contributed by atoms with Crippen LogP contribution in [0.15, 0.2) is 30.3 Å². The molecule has 2 aromatic carbocycles. The van der Waals surface area contributed by atoms with E-state index in [1.807, 2.05) is 37.3 Å². The fourth-order valence-corrected chi connectivity index (χ4v) is 4.43. The molecule has 0 unspecified atom stereocenters. The quantitative estimate of drug-likeness (QED) is 0.538. The van der Waals surface area contributed by atoms with Gasteiger partial charge in [-0.3, -0.25) is 0 Å². The number of nitrogens with zero attached hydrogens (tertiary/aromatic N) is 1. The summed E-state index contributed by atoms with van der Waals surface area (Å²) in [6.45, 7) is 2.60. The SMILES string of the molecule is COc1ccc(CN(C(=S)Nc2ccc(C)c(Cl)c2)C2CCCC2)c(OC)c1OC. The normalized spacial score (nSPS) is 13.8. The second-order valence-electron chi connectivity index (χ2n) is 7.45. The minimum Gasteiger partial charge on any atom is -0.493 e. The van der Waals surface area contributed by atoms with E-state index in [4.69, 9.17) is 38.0 Å². The summed E-state index contributed by atoms with van der Waals surface area (Å²) in [4.78, 5) is 2.25. The van der Waals surface area contributed by atoms with Gasteiger partial charge in [-0.25, -0.2) is 0 Å². The Balaban J connectivity index is 1.89. The van der Waals surface area contributed by atoms with Gasteiger partial charge in [0.1, 0.15) is 0 Å². The number of hydrogen-bond donors (Lipinski definition) is 1. The molecule has 3 rings (SSSR count). The maximum atomic E-state index is 6.30. The molecule has 0 radical (unpaired) electrons. The number of rotatable bonds is 7. The van der Waals surface area contributed by atoms with Crippen molar-refractivity contribution in [3.63, 3.8) is 0 Å². The number of benzene rings is 2. The van der Waals surface area contributed by atoms with Gasteiger partial charge in [0, 0.05) is 28.9 Å². The Morgan fingerprint density at radius 3 is 2.37 bits per heavy atom. The van der Waals surface area contributed by atoms with Crippen LogP contribution < -0.4 is 19.5 Å². The molecule has 0 amide bonds. The summed E-state index contributed by atoms with van der Waals surface area (Å²) in [5.74, 6) is 1.90. The van der Waals surface area contributed by atoms with Crippen molar-refractivity contribution in [2.75, 3.05) is 26.6 Å². The van der Waals surface area contributed by atoms with Gasteiger partial charge >= 0.3 is 0 Å². The van der Waals surface area contributed by atoms with Gasteiger partial charge in [-0.05, 0) is 61.8 Å². The van der Waals surface area contributed by atoms with E-state index in [1.54, 1.807) is 21.3 Å². The zero-order valence-electron chi connectivity index (χ0n) is 18.0. The highest BCUT2D eigenvalue weighted by Crippen LogP contribution is 2.41. The van der Waals surface area contributed by atoms with Crippen LogP contribution in [-0.2, 0) is 6.54 Å². The number of ether oxygens (including phenoxy) is 3. The Hall–Kier alpha value is -2.18.